The molecule has 0 unspecified atom stereocenters. The summed E-state index contributed by atoms with van der Waals surface area (Å²) in [7, 11) is 0. The Morgan fingerprint density at radius 1 is 1.00 bits per heavy atom. The van der Waals surface area contributed by atoms with Crippen LogP contribution in [0.4, 0.5) is 10.2 Å². The molecule has 4 rings (SSSR count). The third-order valence-electron chi connectivity index (χ3n) is 5.36. The van der Waals surface area contributed by atoms with Gasteiger partial charge in [0.2, 0.25) is 5.91 Å². The molecule has 3 aromatic rings. The number of nitrogens with one attached hydrogen (secondary N) is 1. The van der Waals surface area contributed by atoms with Gasteiger partial charge in [-0.2, -0.15) is 0 Å². The molecule has 1 aliphatic rings. The maximum absolute atomic E-state index is 13.1. The molecule has 154 valence electrons. The molecule has 0 aliphatic carbocycles. The molecule has 1 N–H and O–H groups in total. The second-order valence-electron chi connectivity index (χ2n) is 7.39. The highest BCUT2D eigenvalue weighted by Gasteiger charge is 2.25. The molecule has 7 heteroatoms. The zero-order valence-corrected chi connectivity index (χ0v) is 17.1. The Hall–Kier alpha value is -2.99. The van der Waals surface area contributed by atoms with Crippen molar-refractivity contribution in [1.29, 1.82) is 0 Å². The zero-order chi connectivity index (χ0) is 20.9. The minimum absolute atomic E-state index is 0.00000202. The van der Waals surface area contributed by atoms with E-state index in [1.54, 1.807) is 12.1 Å². The summed E-state index contributed by atoms with van der Waals surface area (Å²) in [5, 5.41) is 12.3. The molecular weight excluding hydrogens is 403 g/mol. The number of hydrogen-bond acceptors (Lipinski definition) is 4. The zero-order valence-electron chi connectivity index (χ0n) is 16.4. The fraction of sp³-hybridized carbons (Fsp3) is 0.261. The van der Waals surface area contributed by atoms with Gasteiger partial charge in [-0.3, -0.25) is 4.79 Å². The summed E-state index contributed by atoms with van der Waals surface area (Å²) >= 11 is 5.89. The van der Waals surface area contributed by atoms with Crippen molar-refractivity contribution in [3.05, 3.63) is 77.1 Å². The molecule has 2 aromatic carbocycles. The Bertz CT molecular complexity index is 985. The van der Waals surface area contributed by atoms with Crippen molar-refractivity contribution < 1.29 is 9.18 Å². The van der Waals surface area contributed by atoms with Gasteiger partial charge < -0.3 is 10.2 Å². The van der Waals surface area contributed by atoms with Crippen LogP contribution in [0, 0.1) is 11.7 Å². The van der Waals surface area contributed by atoms with Crippen LogP contribution in [0.2, 0.25) is 5.02 Å². The van der Waals surface area contributed by atoms with Crippen LogP contribution in [-0.4, -0.2) is 29.2 Å². The van der Waals surface area contributed by atoms with Crippen molar-refractivity contribution in [3.63, 3.8) is 0 Å². The van der Waals surface area contributed by atoms with Crippen LogP contribution in [0.3, 0.4) is 0 Å². The highest BCUT2D eigenvalue weighted by Crippen LogP contribution is 2.24. The first kappa shape index (κ1) is 20.3. The lowest BCUT2D eigenvalue weighted by Gasteiger charge is -2.31. The summed E-state index contributed by atoms with van der Waals surface area (Å²) in [6.07, 6.45) is 1.54. The molecular formula is C23H22ClFN4O. The van der Waals surface area contributed by atoms with Gasteiger partial charge in [-0.1, -0.05) is 23.7 Å². The molecule has 1 aromatic heterocycles. The maximum atomic E-state index is 13.1. The van der Waals surface area contributed by atoms with E-state index in [1.807, 2.05) is 36.4 Å². The van der Waals surface area contributed by atoms with Crippen molar-refractivity contribution in [3.8, 4) is 11.3 Å². The lowest BCUT2D eigenvalue weighted by Crippen LogP contribution is -2.40. The number of aromatic nitrogens is 2. The van der Waals surface area contributed by atoms with Crippen LogP contribution in [0.5, 0.6) is 0 Å². The van der Waals surface area contributed by atoms with Crippen LogP contribution >= 0.6 is 11.6 Å². The number of amides is 1. The van der Waals surface area contributed by atoms with Gasteiger partial charge in [-0.15, -0.1) is 10.2 Å². The average molecular weight is 425 g/mol. The Labute approximate surface area is 179 Å². The molecule has 0 atom stereocenters. The van der Waals surface area contributed by atoms with E-state index in [9.17, 15) is 9.18 Å². The van der Waals surface area contributed by atoms with Crippen LogP contribution in [0.15, 0.2) is 60.7 Å². The van der Waals surface area contributed by atoms with Gasteiger partial charge in [-0.05, 0) is 66.9 Å². The van der Waals surface area contributed by atoms with Crippen LogP contribution in [0.25, 0.3) is 11.3 Å². The Morgan fingerprint density at radius 3 is 2.33 bits per heavy atom. The van der Waals surface area contributed by atoms with Gasteiger partial charge in [0.25, 0.3) is 0 Å². The summed E-state index contributed by atoms with van der Waals surface area (Å²) in [5.41, 5.74) is 2.56. The van der Waals surface area contributed by atoms with E-state index in [1.165, 1.54) is 12.1 Å². The normalized spacial score (nSPS) is 14.5. The van der Waals surface area contributed by atoms with Crippen molar-refractivity contribution in [1.82, 2.24) is 15.5 Å². The standard InChI is InChI=1S/C23H22ClFN4O/c24-19-5-1-16(2-6-19)15-26-23(30)18-11-13-29(14-12-18)22-10-9-21(27-28-22)17-3-7-20(25)8-4-17/h1-10,18H,11-15H2,(H,26,30). The molecule has 0 bridgehead atoms. The van der Waals surface area contributed by atoms with E-state index in [4.69, 9.17) is 11.6 Å². The molecule has 5 nitrogen and oxygen atoms in total. The van der Waals surface area contributed by atoms with Crippen LogP contribution in [-0.2, 0) is 11.3 Å². The van der Waals surface area contributed by atoms with Crippen molar-refractivity contribution in [2.45, 2.75) is 19.4 Å². The average Bonchev–Trinajstić information content (AvgIpc) is 2.79. The minimum atomic E-state index is -0.275. The van der Waals surface area contributed by atoms with E-state index in [0.29, 0.717) is 17.3 Å². The molecule has 1 amide bonds. The van der Waals surface area contributed by atoms with E-state index in [0.717, 1.165) is 42.9 Å². The first-order chi connectivity index (χ1) is 14.6. The fourth-order valence-corrected chi connectivity index (χ4v) is 3.70. The van der Waals surface area contributed by atoms with Gasteiger partial charge in [-0.25, -0.2) is 4.39 Å². The molecule has 0 saturated carbocycles. The number of piperidine rings is 1. The summed E-state index contributed by atoms with van der Waals surface area (Å²) in [6.45, 7) is 2.01. The third-order valence-corrected chi connectivity index (χ3v) is 5.61. The van der Waals surface area contributed by atoms with Gasteiger partial charge in [0.05, 0.1) is 5.69 Å². The molecule has 0 spiro atoms. The predicted octanol–water partition coefficient (Wildman–Crippen LogP) is 4.47. The number of rotatable bonds is 5. The number of anilines is 1. The largest absolute Gasteiger partial charge is 0.355 e. The van der Waals surface area contributed by atoms with E-state index < -0.39 is 0 Å². The van der Waals surface area contributed by atoms with E-state index in [2.05, 4.69) is 20.4 Å². The minimum Gasteiger partial charge on any atom is -0.355 e. The second-order valence-corrected chi connectivity index (χ2v) is 7.83. The fourth-order valence-electron chi connectivity index (χ4n) is 3.58. The molecule has 0 radical (unpaired) electrons. The Balaban J connectivity index is 1.29. The smallest absolute Gasteiger partial charge is 0.223 e. The van der Waals surface area contributed by atoms with E-state index >= 15 is 0 Å². The molecule has 30 heavy (non-hydrogen) atoms. The highest BCUT2D eigenvalue weighted by molar-refractivity contribution is 6.30. The molecule has 2 heterocycles. The summed E-state index contributed by atoms with van der Waals surface area (Å²) in [6, 6.07) is 17.5. The van der Waals surface area contributed by atoms with Crippen molar-refractivity contribution in [2.75, 3.05) is 18.0 Å². The summed E-state index contributed by atoms with van der Waals surface area (Å²) in [4.78, 5) is 14.6. The highest BCUT2D eigenvalue weighted by atomic mass is 35.5. The van der Waals surface area contributed by atoms with Gasteiger partial charge in [0.1, 0.15) is 5.82 Å². The lowest BCUT2D eigenvalue weighted by molar-refractivity contribution is -0.125. The van der Waals surface area contributed by atoms with E-state index in [-0.39, 0.29) is 17.6 Å². The van der Waals surface area contributed by atoms with Gasteiger partial charge in [0.15, 0.2) is 5.82 Å². The lowest BCUT2D eigenvalue weighted by atomic mass is 9.96. The molecule has 1 aliphatic heterocycles. The number of nitrogens with zero attached hydrogens (tertiary/aromatic N) is 3. The summed E-state index contributed by atoms with van der Waals surface area (Å²) in [5.74, 6) is 0.603. The number of halogens is 2. The number of carbonyl (C=O) groups excluding carboxylic acids is 1. The van der Waals surface area contributed by atoms with Crippen molar-refractivity contribution in [2.24, 2.45) is 5.92 Å². The first-order valence-corrected chi connectivity index (χ1v) is 10.3. The molecule has 1 fully saturated rings. The SMILES string of the molecule is O=C(NCc1ccc(Cl)cc1)C1CCN(c2ccc(-c3ccc(F)cc3)nn2)CC1. The third kappa shape index (κ3) is 4.94. The monoisotopic (exact) mass is 424 g/mol. The number of carbonyl (C=O) groups is 1. The van der Waals surface area contributed by atoms with Gasteiger partial charge >= 0.3 is 0 Å². The Kier molecular flexibility index (Phi) is 6.23. The quantitative estimate of drug-likeness (QED) is 0.656. The van der Waals surface area contributed by atoms with Crippen LogP contribution in [0.1, 0.15) is 18.4 Å². The maximum Gasteiger partial charge on any atom is 0.223 e. The first-order valence-electron chi connectivity index (χ1n) is 9.95. The van der Waals surface area contributed by atoms with Crippen molar-refractivity contribution >= 4 is 23.3 Å². The summed E-state index contributed by atoms with van der Waals surface area (Å²) < 4.78 is 13.1. The van der Waals surface area contributed by atoms with Crippen LogP contribution < -0.4 is 10.2 Å². The topological polar surface area (TPSA) is 58.1 Å². The Morgan fingerprint density at radius 2 is 1.70 bits per heavy atom. The predicted molar refractivity (Wildman–Crippen MR) is 116 cm³/mol. The second kappa shape index (κ2) is 9.22. The molecule has 1 saturated heterocycles. The number of benzene rings is 2. The van der Waals surface area contributed by atoms with Gasteiger partial charge in [0, 0.05) is 36.1 Å². The number of hydrogen-bond donors (Lipinski definition) is 1.